The molecule has 0 unspecified atom stereocenters. The maximum atomic E-state index is 12.2. The number of nitrogens with one attached hydrogen (secondary N) is 2. The molecule has 0 bridgehead atoms. The van der Waals surface area contributed by atoms with E-state index in [1.54, 1.807) is 48.5 Å². The lowest BCUT2D eigenvalue weighted by Crippen LogP contribution is -2.31. The minimum Gasteiger partial charge on any atom is -0.350 e. The fraction of sp³-hybridized carbons (Fsp3) is 0.176. The van der Waals surface area contributed by atoms with Crippen LogP contribution in [0.25, 0.3) is 0 Å². The second kappa shape index (κ2) is 7.09. The van der Waals surface area contributed by atoms with Crippen LogP contribution in [0.15, 0.2) is 48.5 Å². The Labute approximate surface area is 134 Å². The zero-order chi connectivity index (χ0) is 16.1. The van der Waals surface area contributed by atoms with E-state index in [0.717, 1.165) is 0 Å². The summed E-state index contributed by atoms with van der Waals surface area (Å²) in [7, 11) is 0. The molecular weight excluding hydrogens is 300 g/mol. The van der Waals surface area contributed by atoms with Crippen molar-refractivity contribution >= 4 is 29.1 Å². The first kappa shape index (κ1) is 16.0. The second-order valence-corrected chi connectivity index (χ2v) is 5.57. The molecule has 114 valence electrons. The van der Waals surface area contributed by atoms with E-state index in [2.05, 4.69) is 10.6 Å². The van der Waals surface area contributed by atoms with Crippen molar-refractivity contribution < 1.29 is 9.59 Å². The van der Waals surface area contributed by atoms with Crippen molar-refractivity contribution in [2.24, 2.45) is 0 Å². The Morgan fingerprint density at radius 2 is 1.59 bits per heavy atom. The summed E-state index contributed by atoms with van der Waals surface area (Å²) in [6, 6.07) is 13.5. The highest BCUT2D eigenvalue weighted by molar-refractivity contribution is 6.30. The van der Waals surface area contributed by atoms with Crippen LogP contribution in [0, 0.1) is 0 Å². The van der Waals surface area contributed by atoms with Gasteiger partial charge in [0.1, 0.15) is 0 Å². The maximum absolute atomic E-state index is 12.2. The minimum absolute atomic E-state index is 0.0209. The molecule has 2 aromatic carbocycles. The third-order valence-corrected chi connectivity index (χ3v) is 3.20. The summed E-state index contributed by atoms with van der Waals surface area (Å²) >= 11 is 5.81. The zero-order valence-electron chi connectivity index (χ0n) is 12.4. The molecule has 2 rings (SSSR count). The molecule has 0 radical (unpaired) electrons. The van der Waals surface area contributed by atoms with Gasteiger partial charge in [-0.05, 0) is 50.2 Å². The SMILES string of the molecule is CC(C)NC(=O)c1ccccc1NC(=O)c1ccc(Cl)cc1. The topological polar surface area (TPSA) is 58.2 Å². The van der Waals surface area contributed by atoms with Gasteiger partial charge < -0.3 is 10.6 Å². The number of carbonyl (C=O) groups is 2. The molecule has 5 heteroatoms. The number of halogens is 1. The highest BCUT2D eigenvalue weighted by Gasteiger charge is 2.14. The minimum atomic E-state index is -0.290. The van der Waals surface area contributed by atoms with E-state index < -0.39 is 0 Å². The Bertz CT molecular complexity index is 681. The van der Waals surface area contributed by atoms with Crippen LogP contribution in [0.4, 0.5) is 5.69 Å². The van der Waals surface area contributed by atoms with Crippen molar-refractivity contribution in [1.82, 2.24) is 5.32 Å². The summed E-state index contributed by atoms with van der Waals surface area (Å²) in [5.74, 6) is -0.511. The van der Waals surface area contributed by atoms with Gasteiger partial charge >= 0.3 is 0 Å². The molecule has 2 aromatic rings. The van der Waals surface area contributed by atoms with Crippen molar-refractivity contribution in [3.05, 3.63) is 64.7 Å². The summed E-state index contributed by atoms with van der Waals surface area (Å²) in [6.07, 6.45) is 0. The summed E-state index contributed by atoms with van der Waals surface area (Å²) in [5, 5.41) is 6.13. The van der Waals surface area contributed by atoms with Gasteiger partial charge in [-0.25, -0.2) is 0 Å². The monoisotopic (exact) mass is 316 g/mol. The molecule has 0 heterocycles. The van der Waals surface area contributed by atoms with Crippen molar-refractivity contribution in [3.8, 4) is 0 Å². The van der Waals surface area contributed by atoms with Crippen LogP contribution < -0.4 is 10.6 Å². The van der Waals surface area contributed by atoms with E-state index in [-0.39, 0.29) is 17.9 Å². The molecule has 4 nitrogen and oxygen atoms in total. The van der Waals surface area contributed by atoms with E-state index in [1.165, 1.54) is 0 Å². The number of amides is 2. The number of anilines is 1. The van der Waals surface area contributed by atoms with Crippen molar-refractivity contribution in [2.75, 3.05) is 5.32 Å². The van der Waals surface area contributed by atoms with Gasteiger partial charge in [0.15, 0.2) is 0 Å². The standard InChI is InChI=1S/C17H17ClN2O2/c1-11(2)19-17(22)14-5-3-4-6-15(14)20-16(21)12-7-9-13(18)10-8-12/h3-11H,1-2H3,(H,19,22)(H,20,21). The predicted molar refractivity (Wildman–Crippen MR) is 88.4 cm³/mol. The van der Waals surface area contributed by atoms with E-state index in [1.807, 2.05) is 13.8 Å². The fourth-order valence-corrected chi connectivity index (χ4v) is 2.05. The number of benzene rings is 2. The Morgan fingerprint density at radius 3 is 2.23 bits per heavy atom. The second-order valence-electron chi connectivity index (χ2n) is 5.13. The third-order valence-electron chi connectivity index (χ3n) is 2.95. The van der Waals surface area contributed by atoms with Gasteiger partial charge in [-0.1, -0.05) is 23.7 Å². The molecule has 0 fully saturated rings. The Morgan fingerprint density at radius 1 is 0.955 bits per heavy atom. The Balaban J connectivity index is 2.21. The van der Waals surface area contributed by atoms with E-state index >= 15 is 0 Å². The van der Waals surface area contributed by atoms with E-state index in [4.69, 9.17) is 11.6 Å². The molecule has 0 aliphatic rings. The molecule has 2 N–H and O–H groups in total. The smallest absolute Gasteiger partial charge is 0.255 e. The van der Waals surface area contributed by atoms with Crippen molar-refractivity contribution in [1.29, 1.82) is 0 Å². The highest BCUT2D eigenvalue weighted by atomic mass is 35.5. The largest absolute Gasteiger partial charge is 0.350 e. The van der Waals surface area contributed by atoms with Crippen LogP contribution in [-0.4, -0.2) is 17.9 Å². The number of carbonyl (C=O) groups excluding carboxylic acids is 2. The number of para-hydroxylation sites is 1. The quantitative estimate of drug-likeness (QED) is 0.903. The molecule has 0 aliphatic heterocycles. The van der Waals surface area contributed by atoms with Gasteiger partial charge in [-0.2, -0.15) is 0 Å². The van der Waals surface area contributed by atoms with Crippen LogP contribution in [0.1, 0.15) is 34.6 Å². The molecule has 0 atom stereocenters. The molecule has 0 saturated carbocycles. The lowest BCUT2D eigenvalue weighted by Gasteiger charge is -2.13. The first-order chi connectivity index (χ1) is 10.5. The van der Waals surface area contributed by atoms with E-state index in [0.29, 0.717) is 21.8 Å². The number of rotatable bonds is 4. The van der Waals surface area contributed by atoms with Gasteiger partial charge in [-0.3, -0.25) is 9.59 Å². The average Bonchev–Trinajstić information content (AvgIpc) is 2.47. The molecular formula is C17H17ClN2O2. The number of hydrogen-bond acceptors (Lipinski definition) is 2. The molecule has 0 aliphatic carbocycles. The van der Waals surface area contributed by atoms with Crippen LogP contribution in [0.2, 0.25) is 5.02 Å². The third kappa shape index (κ3) is 4.09. The average molecular weight is 317 g/mol. The summed E-state index contributed by atoms with van der Waals surface area (Å²) < 4.78 is 0. The Hall–Kier alpha value is -2.33. The van der Waals surface area contributed by atoms with Crippen LogP contribution in [0.5, 0.6) is 0 Å². The van der Waals surface area contributed by atoms with Crippen molar-refractivity contribution in [3.63, 3.8) is 0 Å². The van der Waals surface area contributed by atoms with Gasteiger partial charge in [0.25, 0.3) is 11.8 Å². The lowest BCUT2D eigenvalue weighted by molar-refractivity contribution is 0.0944. The van der Waals surface area contributed by atoms with E-state index in [9.17, 15) is 9.59 Å². The van der Waals surface area contributed by atoms with Gasteiger partial charge in [-0.15, -0.1) is 0 Å². The molecule has 0 aromatic heterocycles. The highest BCUT2D eigenvalue weighted by Crippen LogP contribution is 2.17. The summed E-state index contributed by atoms with van der Waals surface area (Å²) in [4.78, 5) is 24.4. The van der Waals surface area contributed by atoms with Crippen LogP contribution in [0.3, 0.4) is 0 Å². The molecule has 0 spiro atoms. The summed E-state index contributed by atoms with van der Waals surface area (Å²) in [5.41, 5.74) is 1.38. The maximum Gasteiger partial charge on any atom is 0.255 e. The first-order valence-corrected chi connectivity index (χ1v) is 7.32. The van der Waals surface area contributed by atoms with Gasteiger partial charge in [0, 0.05) is 16.6 Å². The van der Waals surface area contributed by atoms with Gasteiger partial charge in [0.2, 0.25) is 0 Å². The Kier molecular flexibility index (Phi) is 5.17. The molecule has 2 amide bonds. The molecule has 0 saturated heterocycles. The van der Waals surface area contributed by atoms with Crippen LogP contribution in [-0.2, 0) is 0 Å². The summed E-state index contributed by atoms with van der Waals surface area (Å²) in [6.45, 7) is 3.76. The van der Waals surface area contributed by atoms with Crippen molar-refractivity contribution in [2.45, 2.75) is 19.9 Å². The first-order valence-electron chi connectivity index (χ1n) is 6.94. The zero-order valence-corrected chi connectivity index (χ0v) is 13.1. The normalized spacial score (nSPS) is 10.4. The lowest BCUT2D eigenvalue weighted by atomic mass is 10.1. The molecule has 22 heavy (non-hydrogen) atoms. The fourth-order valence-electron chi connectivity index (χ4n) is 1.93. The number of hydrogen-bond donors (Lipinski definition) is 2. The van der Waals surface area contributed by atoms with Gasteiger partial charge in [0.05, 0.1) is 11.3 Å². The predicted octanol–water partition coefficient (Wildman–Crippen LogP) is 3.73. The van der Waals surface area contributed by atoms with Crippen LogP contribution >= 0.6 is 11.6 Å².